The third kappa shape index (κ3) is 3.98. The number of ether oxygens (including phenoxy) is 1. The van der Waals surface area contributed by atoms with Crippen LogP contribution in [0.25, 0.3) is 32.1 Å². The molecule has 9 nitrogen and oxygen atoms in total. The number of aryl methyl sites for hydroxylation is 1. The zero-order valence-electron chi connectivity index (χ0n) is 20.5. The molecule has 1 saturated heterocycles. The Bertz CT molecular complexity index is 1830. The van der Waals surface area contributed by atoms with Crippen LogP contribution in [0.5, 0.6) is 0 Å². The maximum atomic E-state index is 16.0. The van der Waals surface area contributed by atoms with Gasteiger partial charge in [-0.3, -0.25) is 14.8 Å². The Morgan fingerprint density at radius 2 is 1.93 bits per heavy atom. The Kier molecular flexibility index (Phi) is 6.12. The maximum Gasteiger partial charge on any atom is 0.490 e. The van der Waals surface area contributed by atoms with Crippen molar-refractivity contribution in [3.05, 3.63) is 46.9 Å². The highest BCUT2D eigenvalue weighted by atomic mass is 32.1. The molecular formula is C25H16F6N6O3S. The minimum atomic E-state index is -5.29. The molecule has 212 valence electrons. The van der Waals surface area contributed by atoms with Crippen LogP contribution in [0.2, 0.25) is 0 Å². The van der Waals surface area contributed by atoms with Crippen LogP contribution < -0.4 is 11.1 Å². The molecule has 2 aliphatic heterocycles. The normalized spacial score (nSPS) is 19.1. The summed E-state index contributed by atoms with van der Waals surface area (Å²) in [6.45, 7) is -0.266. The number of alkyl halides is 3. The first-order valence-electron chi connectivity index (χ1n) is 12.0. The van der Waals surface area contributed by atoms with Gasteiger partial charge in [0.15, 0.2) is 17.9 Å². The first kappa shape index (κ1) is 26.8. The summed E-state index contributed by atoms with van der Waals surface area (Å²) in [6, 6.07) is 2.92. The fourth-order valence-corrected chi connectivity index (χ4v) is 6.41. The number of hydrogen-bond donors (Lipinski definition) is 2. The molecule has 0 aliphatic carbocycles. The molecular weight excluding hydrogens is 578 g/mol. The second-order valence-electron chi connectivity index (χ2n) is 9.39. The van der Waals surface area contributed by atoms with E-state index in [1.54, 1.807) is 0 Å². The van der Waals surface area contributed by atoms with E-state index in [0.29, 0.717) is 0 Å². The number of thiophene rings is 1. The van der Waals surface area contributed by atoms with Gasteiger partial charge in [0.2, 0.25) is 0 Å². The van der Waals surface area contributed by atoms with Gasteiger partial charge in [-0.15, -0.1) is 11.3 Å². The number of hydrogen-bond acceptors (Lipinski definition) is 8. The number of aromatic nitrogens is 2. The molecule has 0 spiro atoms. The average molecular weight is 594 g/mol. The average Bonchev–Trinajstić information content (AvgIpc) is 3.48. The van der Waals surface area contributed by atoms with Crippen molar-refractivity contribution < 1.29 is 40.7 Å². The first-order valence-corrected chi connectivity index (χ1v) is 12.8. The molecule has 0 saturated carbocycles. The van der Waals surface area contributed by atoms with Gasteiger partial charge in [-0.1, -0.05) is 6.07 Å². The molecule has 16 heteroatoms. The van der Waals surface area contributed by atoms with Crippen molar-refractivity contribution in [3.63, 3.8) is 0 Å². The van der Waals surface area contributed by atoms with E-state index in [9.17, 15) is 32.4 Å². The molecule has 1 fully saturated rings. The molecule has 41 heavy (non-hydrogen) atoms. The van der Waals surface area contributed by atoms with Crippen molar-refractivity contribution in [3.8, 4) is 17.2 Å². The van der Waals surface area contributed by atoms with Crippen LogP contribution >= 0.6 is 11.3 Å². The molecule has 2 aromatic heterocycles. The zero-order valence-corrected chi connectivity index (χ0v) is 21.3. The number of carbonyl (C=O) groups excluding carboxylic acids is 2. The first-order chi connectivity index (χ1) is 19.4. The fraction of sp³-hybridized carbons (Fsp3) is 0.280. The maximum absolute atomic E-state index is 16.0. The van der Waals surface area contributed by atoms with E-state index in [1.807, 2.05) is 6.07 Å². The minimum Gasteiger partial charge on any atom is -0.438 e. The number of halogens is 6. The highest BCUT2D eigenvalue weighted by Gasteiger charge is 2.46. The number of nitrogens with zero attached hydrogens (tertiary/aromatic N) is 4. The van der Waals surface area contributed by atoms with Gasteiger partial charge in [0.1, 0.15) is 22.5 Å². The number of benzene rings is 2. The summed E-state index contributed by atoms with van der Waals surface area (Å²) in [5, 5.41) is 16.4. The number of anilines is 1. The van der Waals surface area contributed by atoms with Crippen LogP contribution in [-0.4, -0.2) is 58.1 Å². The van der Waals surface area contributed by atoms with Crippen LogP contribution in [0.1, 0.15) is 22.3 Å². The summed E-state index contributed by atoms with van der Waals surface area (Å²) in [5.41, 5.74) is 4.56. The fourth-order valence-electron chi connectivity index (χ4n) is 5.46. The number of esters is 1. The Balaban J connectivity index is 1.53. The number of rotatable bonds is 2. The topological polar surface area (TPSA) is 126 Å². The molecule has 4 heterocycles. The van der Waals surface area contributed by atoms with Crippen LogP contribution in [0.4, 0.5) is 31.3 Å². The lowest BCUT2D eigenvalue weighted by Gasteiger charge is -2.42. The van der Waals surface area contributed by atoms with Crippen LogP contribution in [0.3, 0.4) is 0 Å². The SMILES string of the molecule is N#Cc1c(N)sc2c(F)ccc(-c3c(F)c(F)c4c5c3cnn5CC[C@@H]3C(OC(=O)C(F)(F)F)NCCN3C4=O)c12. The monoisotopic (exact) mass is 594 g/mol. The van der Waals surface area contributed by atoms with Crippen molar-refractivity contribution in [1.82, 2.24) is 20.0 Å². The predicted molar refractivity (Wildman–Crippen MR) is 133 cm³/mol. The lowest BCUT2D eigenvalue weighted by atomic mass is 9.92. The van der Waals surface area contributed by atoms with E-state index in [4.69, 9.17) is 5.73 Å². The number of nitrogens with one attached hydrogen (secondary N) is 1. The van der Waals surface area contributed by atoms with Gasteiger partial charge in [-0.25, -0.2) is 18.0 Å². The Hall–Kier alpha value is -4.36. The Morgan fingerprint density at radius 1 is 1.20 bits per heavy atom. The Labute approximate surface area is 229 Å². The second-order valence-corrected chi connectivity index (χ2v) is 10.4. The summed E-state index contributed by atoms with van der Waals surface area (Å²) in [5.74, 6) is -7.27. The highest BCUT2D eigenvalue weighted by Crippen LogP contribution is 2.45. The van der Waals surface area contributed by atoms with Crippen molar-refractivity contribution in [2.75, 3.05) is 18.8 Å². The van der Waals surface area contributed by atoms with E-state index in [2.05, 4.69) is 15.2 Å². The van der Waals surface area contributed by atoms with E-state index < -0.39 is 53.3 Å². The van der Waals surface area contributed by atoms with Crippen molar-refractivity contribution in [2.45, 2.75) is 31.4 Å². The molecule has 6 rings (SSSR count). The summed E-state index contributed by atoms with van der Waals surface area (Å²) in [6.07, 6.45) is -5.72. The van der Waals surface area contributed by atoms with Crippen molar-refractivity contribution in [2.24, 2.45) is 0 Å². The lowest BCUT2D eigenvalue weighted by Crippen LogP contribution is -2.62. The van der Waals surface area contributed by atoms with Crippen molar-refractivity contribution >= 4 is 49.2 Å². The largest absolute Gasteiger partial charge is 0.490 e. The molecule has 1 unspecified atom stereocenters. The zero-order chi connectivity index (χ0) is 29.4. The number of nitrogens with two attached hydrogens (primary N) is 1. The summed E-state index contributed by atoms with van der Waals surface area (Å²) in [4.78, 5) is 26.3. The van der Waals surface area contributed by atoms with Gasteiger partial charge in [0.25, 0.3) is 5.91 Å². The van der Waals surface area contributed by atoms with Gasteiger partial charge >= 0.3 is 12.1 Å². The molecule has 4 aromatic rings. The Morgan fingerprint density at radius 3 is 2.63 bits per heavy atom. The van der Waals surface area contributed by atoms with Crippen LogP contribution in [0.15, 0.2) is 18.3 Å². The van der Waals surface area contributed by atoms with Gasteiger partial charge in [-0.2, -0.15) is 23.5 Å². The number of carbonyl (C=O) groups is 2. The van der Waals surface area contributed by atoms with Gasteiger partial charge in [0.05, 0.1) is 28.0 Å². The summed E-state index contributed by atoms with van der Waals surface area (Å²) < 4.78 is 90.9. The molecule has 2 atom stereocenters. The molecule has 3 N–H and O–H groups in total. The van der Waals surface area contributed by atoms with Crippen LogP contribution in [-0.2, 0) is 16.1 Å². The molecule has 2 aliphatic rings. The number of nitrogen functional groups attached to an aromatic ring is 1. The summed E-state index contributed by atoms with van der Waals surface area (Å²) >= 11 is 0.773. The van der Waals surface area contributed by atoms with E-state index in [0.717, 1.165) is 22.3 Å². The van der Waals surface area contributed by atoms with Crippen LogP contribution in [0, 0.1) is 28.8 Å². The quantitative estimate of drug-likeness (QED) is 0.265. The lowest BCUT2D eigenvalue weighted by molar-refractivity contribution is -0.210. The van der Waals surface area contributed by atoms with Gasteiger partial charge in [0, 0.05) is 36.0 Å². The molecule has 0 radical (unpaired) electrons. The minimum absolute atomic E-state index is 0.0116. The number of amides is 1. The van der Waals surface area contributed by atoms with E-state index >= 15 is 8.78 Å². The smallest absolute Gasteiger partial charge is 0.438 e. The van der Waals surface area contributed by atoms with Gasteiger partial charge < -0.3 is 15.4 Å². The highest BCUT2D eigenvalue weighted by molar-refractivity contribution is 7.23. The standard InChI is InChI=1S/C25H16F6N6O3S/c26-12-2-1-9(15-10(7-32)21(33)41-20(12)15)14-11-8-35-37-5-3-13-22(40-24(39)25(29,30)31)34-4-6-36(13)23(38)16(19(11)37)18(28)17(14)27/h1-2,8,13,22,34H,3-6,33H2/t13-,22?/m1/s1. The molecule has 1 amide bonds. The third-order valence-corrected chi connectivity index (χ3v) is 8.23. The second kappa shape index (κ2) is 9.35. The van der Waals surface area contributed by atoms with E-state index in [1.165, 1.54) is 16.9 Å². The number of piperazine rings is 1. The van der Waals surface area contributed by atoms with Gasteiger partial charge in [-0.05, 0) is 18.1 Å². The summed E-state index contributed by atoms with van der Waals surface area (Å²) in [7, 11) is 0. The molecule has 0 bridgehead atoms. The third-order valence-electron chi connectivity index (χ3n) is 7.20. The number of fused-ring (bicyclic) bond motifs is 2. The number of nitriles is 1. The van der Waals surface area contributed by atoms with E-state index in [-0.39, 0.29) is 68.7 Å². The van der Waals surface area contributed by atoms with Crippen molar-refractivity contribution in [1.29, 1.82) is 5.26 Å². The predicted octanol–water partition coefficient (Wildman–Crippen LogP) is 4.04. The molecule has 2 aromatic carbocycles.